The maximum absolute atomic E-state index is 5.22. The second kappa shape index (κ2) is 9.25. The molecule has 5 heterocycles. The smallest absolute Gasteiger partial charge is 0.163 e. The molecular formula is C27H30N8. The highest BCUT2D eigenvalue weighted by atomic mass is 15.2. The van der Waals surface area contributed by atoms with Crippen LogP contribution in [0.25, 0.3) is 33.3 Å². The van der Waals surface area contributed by atoms with Gasteiger partial charge in [-0.15, -0.1) is 0 Å². The molecule has 2 fully saturated rings. The van der Waals surface area contributed by atoms with Gasteiger partial charge in [0.15, 0.2) is 5.82 Å². The lowest BCUT2D eigenvalue weighted by atomic mass is 9.79. The SMILES string of the molecule is CN(C)CC#Cc1cc2c(-c3nc(N4CCNCC4)c4c(C5CCC5)cncc4n3)ccnc2[nH]1. The monoisotopic (exact) mass is 466 g/mol. The predicted molar refractivity (Wildman–Crippen MR) is 140 cm³/mol. The van der Waals surface area contributed by atoms with E-state index in [0.717, 1.165) is 59.8 Å². The molecule has 2 aliphatic rings. The van der Waals surface area contributed by atoms with Crippen LogP contribution in [0.4, 0.5) is 5.82 Å². The number of nitrogens with zero attached hydrogens (tertiary/aromatic N) is 6. The van der Waals surface area contributed by atoms with Gasteiger partial charge in [0.1, 0.15) is 11.5 Å². The summed E-state index contributed by atoms with van der Waals surface area (Å²) in [6, 6.07) is 4.06. The summed E-state index contributed by atoms with van der Waals surface area (Å²) in [5.74, 6) is 8.70. The highest BCUT2D eigenvalue weighted by Gasteiger charge is 2.27. The molecule has 8 heteroatoms. The van der Waals surface area contributed by atoms with Crippen molar-refractivity contribution in [3.05, 3.63) is 42.0 Å². The van der Waals surface area contributed by atoms with Gasteiger partial charge in [-0.3, -0.25) is 9.88 Å². The van der Waals surface area contributed by atoms with E-state index >= 15 is 0 Å². The number of nitrogens with one attached hydrogen (secondary N) is 2. The summed E-state index contributed by atoms with van der Waals surface area (Å²) in [4.78, 5) is 27.2. The van der Waals surface area contributed by atoms with Gasteiger partial charge in [0, 0.05) is 54.9 Å². The van der Waals surface area contributed by atoms with E-state index in [2.05, 4.69) is 43.1 Å². The summed E-state index contributed by atoms with van der Waals surface area (Å²) in [5.41, 5.74) is 4.82. The Labute approximate surface area is 205 Å². The molecule has 0 spiro atoms. The molecule has 178 valence electrons. The number of aromatic nitrogens is 5. The third-order valence-electron chi connectivity index (χ3n) is 6.97. The lowest BCUT2D eigenvalue weighted by molar-refractivity contribution is 0.421. The summed E-state index contributed by atoms with van der Waals surface area (Å²) in [5, 5.41) is 5.62. The molecule has 1 saturated carbocycles. The first kappa shape index (κ1) is 22.0. The number of aromatic amines is 1. The third kappa shape index (κ3) is 4.22. The Morgan fingerprint density at radius 3 is 2.77 bits per heavy atom. The van der Waals surface area contributed by atoms with E-state index in [0.29, 0.717) is 18.3 Å². The van der Waals surface area contributed by atoms with Crippen molar-refractivity contribution in [1.29, 1.82) is 0 Å². The Kier molecular flexibility index (Phi) is 5.80. The first-order chi connectivity index (χ1) is 17.2. The number of anilines is 1. The van der Waals surface area contributed by atoms with Gasteiger partial charge in [-0.2, -0.15) is 0 Å². The van der Waals surface area contributed by atoms with Gasteiger partial charge < -0.3 is 15.2 Å². The fourth-order valence-electron chi connectivity index (χ4n) is 4.93. The van der Waals surface area contributed by atoms with E-state index in [4.69, 9.17) is 9.97 Å². The molecule has 0 bridgehead atoms. The second-order valence-corrected chi connectivity index (χ2v) is 9.70. The Morgan fingerprint density at radius 2 is 2.00 bits per heavy atom. The maximum Gasteiger partial charge on any atom is 0.163 e. The molecule has 1 aliphatic heterocycles. The average molecular weight is 467 g/mol. The largest absolute Gasteiger partial charge is 0.353 e. The maximum atomic E-state index is 5.22. The van der Waals surface area contributed by atoms with E-state index < -0.39 is 0 Å². The molecule has 1 aliphatic carbocycles. The van der Waals surface area contributed by atoms with Gasteiger partial charge in [0.05, 0.1) is 24.0 Å². The van der Waals surface area contributed by atoms with Crippen LogP contribution in [0.15, 0.2) is 30.7 Å². The van der Waals surface area contributed by atoms with Crippen LogP contribution < -0.4 is 10.2 Å². The van der Waals surface area contributed by atoms with Crippen molar-refractivity contribution in [2.24, 2.45) is 0 Å². The number of hydrogen-bond acceptors (Lipinski definition) is 7. The van der Waals surface area contributed by atoms with E-state index in [-0.39, 0.29) is 0 Å². The highest BCUT2D eigenvalue weighted by Crippen LogP contribution is 2.42. The standard InChI is InChI=1S/C27H30N8/c1-34(2)12-4-7-19-15-21-20(8-9-30-25(21)31-19)26-32-23-17-29-16-22(18-5-3-6-18)24(23)27(33-26)35-13-10-28-11-14-35/h8-9,15-18,28H,3,5-6,10-14H2,1-2H3,(H,30,31). The molecule has 0 atom stereocenters. The quantitative estimate of drug-likeness (QED) is 0.447. The van der Waals surface area contributed by atoms with Crippen LogP contribution in [0, 0.1) is 11.8 Å². The van der Waals surface area contributed by atoms with Crippen molar-refractivity contribution >= 4 is 27.8 Å². The lowest BCUT2D eigenvalue weighted by Crippen LogP contribution is -2.44. The minimum Gasteiger partial charge on any atom is -0.353 e. The third-order valence-corrected chi connectivity index (χ3v) is 6.97. The van der Waals surface area contributed by atoms with E-state index in [9.17, 15) is 0 Å². The van der Waals surface area contributed by atoms with Crippen LogP contribution >= 0.6 is 0 Å². The number of hydrogen-bond donors (Lipinski definition) is 2. The van der Waals surface area contributed by atoms with E-state index in [1.165, 1.54) is 30.2 Å². The number of rotatable bonds is 4. The summed E-state index contributed by atoms with van der Waals surface area (Å²) in [6.07, 6.45) is 9.46. The number of pyridine rings is 2. The first-order valence-electron chi connectivity index (χ1n) is 12.4. The zero-order chi connectivity index (χ0) is 23.8. The van der Waals surface area contributed by atoms with Crippen LogP contribution in [0.5, 0.6) is 0 Å². The summed E-state index contributed by atoms with van der Waals surface area (Å²) in [6.45, 7) is 4.47. The van der Waals surface area contributed by atoms with Crippen LogP contribution in [0.1, 0.15) is 36.4 Å². The predicted octanol–water partition coefficient (Wildman–Crippen LogP) is 3.16. The summed E-state index contributed by atoms with van der Waals surface area (Å²) in [7, 11) is 4.02. The minimum atomic E-state index is 0.558. The Morgan fingerprint density at radius 1 is 1.14 bits per heavy atom. The molecular weight excluding hydrogens is 436 g/mol. The van der Waals surface area contributed by atoms with Crippen LogP contribution in [0.2, 0.25) is 0 Å². The fourth-order valence-corrected chi connectivity index (χ4v) is 4.93. The molecule has 0 unspecified atom stereocenters. The molecule has 0 aromatic carbocycles. The molecule has 35 heavy (non-hydrogen) atoms. The molecule has 8 nitrogen and oxygen atoms in total. The van der Waals surface area contributed by atoms with Gasteiger partial charge in [-0.05, 0) is 56.5 Å². The average Bonchev–Trinajstić information content (AvgIpc) is 3.26. The van der Waals surface area contributed by atoms with E-state index in [1.54, 1.807) is 0 Å². The topological polar surface area (TPSA) is 85.9 Å². The number of H-pyrrole nitrogens is 1. The molecule has 1 saturated heterocycles. The Balaban J connectivity index is 1.50. The second-order valence-electron chi connectivity index (χ2n) is 9.70. The van der Waals surface area contributed by atoms with Crippen molar-refractivity contribution in [1.82, 2.24) is 35.1 Å². The van der Waals surface area contributed by atoms with Gasteiger partial charge in [-0.1, -0.05) is 12.3 Å². The Hall–Kier alpha value is -3.54. The van der Waals surface area contributed by atoms with Crippen LogP contribution in [0.3, 0.4) is 0 Å². The van der Waals surface area contributed by atoms with E-state index in [1.807, 2.05) is 43.7 Å². The van der Waals surface area contributed by atoms with Crippen molar-refractivity contribution in [3.8, 4) is 23.2 Å². The van der Waals surface area contributed by atoms with Gasteiger partial charge in [0.2, 0.25) is 0 Å². The zero-order valence-corrected chi connectivity index (χ0v) is 20.3. The van der Waals surface area contributed by atoms with Crippen LogP contribution in [-0.4, -0.2) is 76.6 Å². The van der Waals surface area contributed by atoms with Gasteiger partial charge in [-0.25, -0.2) is 15.0 Å². The molecule has 4 aromatic rings. The van der Waals surface area contributed by atoms with Gasteiger partial charge >= 0.3 is 0 Å². The zero-order valence-electron chi connectivity index (χ0n) is 20.3. The summed E-state index contributed by atoms with van der Waals surface area (Å²) < 4.78 is 0. The lowest BCUT2D eigenvalue weighted by Gasteiger charge is -2.32. The molecule has 4 aromatic heterocycles. The van der Waals surface area contributed by atoms with Crippen molar-refractivity contribution in [2.75, 3.05) is 51.7 Å². The molecule has 0 amide bonds. The number of piperazine rings is 1. The summed E-state index contributed by atoms with van der Waals surface area (Å²) >= 11 is 0. The molecule has 0 radical (unpaired) electrons. The fraction of sp³-hybridized carbons (Fsp3) is 0.407. The van der Waals surface area contributed by atoms with Crippen molar-refractivity contribution in [2.45, 2.75) is 25.2 Å². The Bertz CT molecular complexity index is 1430. The first-order valence-corrected chi connectivity index (χ1v) is 12.4. The highest BCUT2D eigenvalue weighted by molar-refractivity contribution is 5.97. The molecule has 2 N–H and O–H groups in total. The minimum absolute atomic E-state index is 0.558. The van der Waals surface area contributed by atoms with Crippen molar-refractivity contribution in [3.63, 3.8) is 0 Å². The number of fused-ring (bicyclic) bond motifs is 2. The van der Waals surface area contributed by atoms with Crippen LogP contribution in [-0.2, 0) is 0 Å². The van der Waals surface area contributed by atoms with Crippen molar-refractivity contribution < 1.29 is 0 Å². The normalized spacial score (nSPS) is 16.5. The van der Waals surface area contributed by atoms with Gasteiger partial charge in [0.25, 0.3) is 0 Å². The molecule has 6 rings (SSSR count).